The standard InChI is InChI=1S/C29H34N2O2/c1-4-22(29(32)31-26-8-5-6-9-26)18-24-16-21(3)28(17-20(24)2)23-11-13-25(14-12-23)30-19-27-10-7-15-33-27/h7,10-18,26,30H,4-6,8-9,19H2,1-3H3,(H,31,32)/b22-18+. The highest BCUT2D eigenvalue weighted by Gasteiger charge is 2.19. The highest BCUT2D eigenvalue weighted by atomic mass is 16.3. The number of rotatable bonds is 8. The molecule has 172 valence electrons. The predicted molar refractivity (Wildman–Crippen MR) is 136 cm³/mol. The Morgan fingerprint density at radius 1 is 1.06 bits per heavy atom. The molecule has 0 bridgehead atoms. The van der Waals surface area contributed by atoms with Crippen LogP contribution in [-0.2, 0) is 11.3 Å². The zero-order valence-electron chi connectivity index (χ0n) is 19.9. The number of benzene rings is 2. The zero-order chi connectivity index (χ0) is 23.2. The first kappa shape index (κ1) is 22.9. The number of hydrogen-bond acceptors (Lipinski definition) is 3. The van der Waals surface area contributed by atoms with E-state index < -0.39 is 0 Å². The fourth-order valence-corrected chi connectivity index (χ4v) is 4.54. The lowest BCUT2D eigenvalue weighted by Gasteiger charge is -2.15. The second-order valence-corrected chi connectivity index (χ2v) is 9.01. The molecule has 0 saturated heterocycles. The number of aryl methyl sites for hydroxylation is 2. The van der Waals surface area contributed by atoms with E-state index in [1.807, 2.05) is 12.1 Å². The number of hydrogen-bond donors (Lipinski definition) is 2. The van der Waals surface area contributed by atoms with Gasteiger partial charge in [0.05, 0.1) is 12.8 Å². The summed E-state index contributed by atoms with van der Waals surface area (Å²) in [4.78, 5) is 12.8. The van der Waals surface area contributed by atoms with Crippen LogP contribution in [0.1, 0.15) is 61.5 Å². The molecule has 0 spiro atoms. The van der Waals surface area contributed by atoms with Crippen molar-refractivity contribution in [2.45, 2.75) is 65.5 Å². The molecule has 1 amide bonds. The molecule has 1 heterocycles. The Morgan fingerprint density at radius 2 is 1.82 bits per heavy atom. The lowest BCUT2D eigenvalue weighted by atomic mass is 9.93. The normalized spacial score (nSPS) is 14.5. The number of amides is 1. The van der Waals surface area contributed by atoms with Gasteiger partial charge in [-0.25, -0.2) is 0 Å². The predicted octanol–water partition coefficient (Wildman–Crippen LogP) is 7.03. The monoisotopic (exact) mass is 442 g/mol. The maximum Gasteiger partial charge on any atom is 0.247 e. The topological polar surface area (TPSA) is 54.3 Å². The molecule has 0 unspecified atom stereocenters. The summed E-state index contributed by atoms with van der Waals surface area (Å²) in [6.07, 6.45) is 9.13. The third-order valence-corrected chi connectivity index (χ3v) is 6.55. The summed E-state index contributed by atoms with van der Waals surface area (Å²) < 4.78 is 5.38. The van der Waals surface area contributed by atoms with E-state index in [2.05, 4.69) is 73.9 Å². The van der Waals surface area contributed by atoms with Gasteiger partial charge in [0.15, 0.2) is 0 Å². The van der Waals surface area contributed by atoms with Crippen molar-refractivity contribution in [1.82, 2.24) is 5.32 Å². The van der Waals surface area contributed by atoms with Gasteiger partial charge in [-0.2, -0.15) is 0 Å². The van der Waals surface area contributed by atoms with Gasteiger partial charge < -0.3 is 15.1 Å². The Bertz CT molecular complexity index is 1110. The van der Waals surface area contributed by atoms with Crippen LogP contribution in [0.15, 0.2) is 64.8 Å². The van der Waals surface area contributed by atoms with Crippen LogP contribution in [-0.4, -0.2) is 11.9 Å². The summed E-state index contributed by atoms with van der Waals surface area (Å²) in [7, 11) is 0. The molecule has 0 aliphatic heterocycles. The van der Waals surface area contributed by atoms with Crippen LogP contribution >= 0.6 is 0 Å². The number of carbonyl (C=O) groups excluding carboxylic acids is 1. The van der Waals surface area contributed by atoms with Gasteiger partial charge >= 0.3 is 0 Å². The molecular weight excluding hydrogens is 408 g/mol. The summed E-state index contributed by atoms with van der Waals surface area (Å²) >= 11 is 0. The third kappa shape index (κ3) is 5.75. The molecule has 4 rings (SSSR count). The Morgan fingerprint density at radius 3 is 2.48 bits per heavy atom. The maximum absolute atomic E-state index is 12.8. The van der Waals surface area contributed by atoms with Gasteiger partial charge in [0.1, 0.15) is 5.76 Å². The molecule has 0 atom stereocenters. The van der Waals surface area contributed by atoms with Crippen molar-refractivity contribution < 1.29 is 9.21 Å². The average Bonchev–Trinajstić information content (AvgIpc) is 3.52. The Balaban J connectivity index is 1.49. The SMILES string of the molecule is CC/C(=C\c1cc(C)c(-c2ccc(NCc3ccco3)cc2)cc1C)C(=O)NC1CCCC1. The molecule has 1 aromatic heterocycles. The second-order valence-electron chi connectivity index (χ2n) is 9.01. The smallest absolute Gasteiger partial charge is 0.247 e. The molecule has 1 aliphatic carbocycles. The van der Waals surface area contributed by atoms with Crippen LogP contribution in [0.4, 0.5) is 5.69 Å². The minimum Gasteiger partial charge on any atom is -0.467 e. The van der Waals surface area contributed by atoms with Crippen molar-refractivity contribution in [1.29, 1.82) is 0 Å². The van der Waals surface area contributed by atoms with E-state index >= 15 is 0 Å². The Kier molecular flexibility index (Phi) is 7.33. The number of nitrogens with one attached hydrogen (secondary N) is 2. The van der Waals surface area contributed by atoms with E-state index in [-0.39, 0.29) is 5.91 Å². The van der Waals surface area contributed by atoms with Crippen molar-refractivity contribution in [2.75, 3.05) is 5.32 Å². The van der Waals surface area contributed by atoms with Crippen LogP contribution in [0.3, 0.4) is 0 Å². The van der Waals surface area contributed by atoms with E-state index in [1.165, 1.54) is 35.1 Å². The lowest BCUT2D eigenvalue weighted by molar-refractivity contribution is -0.118. The van der Waals surface area contributed by atoms with Gasteiger partial charge in [-0.05, 0) is 91.3 Å². The molecule has 2 aromatic carbocycles. The van der Waals surface area contributed by atoms with Gasteiger partial charge in [-0.15, -0.1) is 0 Å². The van der Waals surface area contributed by atoms with E-state index in [0.717, 1.165) is 41.8 Å². The lowest BCUT2D eigenvalue weighted by Crippen LogP contribution is -2.33. The van der Waals surface area contributed by atoms with Crippen LogP contribution in [0, 0.1) is 13.8 Å². The molecule has 1 aliphatic rings. The van der Waals surface area contributed by atoms with Crippen molar-refractivity contribution in [3.8, 4) is 11.1 Å². The molecule has 4 heteroatoms. The maximum atomic E-state index is 12.8. The number of anilines is 1. The van der Waals surface area contributed by atoms with Crippen LogP contribution < -0.4 is 10.6 Å². The van der Waals surface area contributed by atoms with Gasteiger partial charge in [-0.3, -0.25) is 4.79 Å². The quantitative estimate of drug-likeness (QED) is 0.368. The van der Waals surface area contributed by atoms with Crippen molar-refractivity contribution >= 4 is 17.7 Å². The van der Waals surface area contributed by atoms with E-state index in [9.17, 15) is 4.79 Å². The highest BCUT2D eigenvalue weighted by molar-refractivity contribution is 5.98. The molecule has 33 heavy (non-hydrogen) atoms. The van der Waals surface area contributed by atoms with Crippen LogP contribution in [0.5, 0.6) is 0 Å². The van der Waals surface area contributed by atoms with E-state index in [1.54, 1.807) is 6.26 Å². The van der Waals surface area contributed by atoms with E-state index in [0.29, 0.717) is 12.6 Å². The van der Waals surface area contributed by atoms with Gasteiger partial charge in [0.2, 0.25) is 5.91 Å². The number of carbonyl (C=O) groups is 1. The molecule has 2 N–H and O–H groups in total. The molecule has 0 radical (unpaired) electrons. The Hall–Kier alpha value is -3.27. The third-order valence-electron chi connectivity index (χ3n) is 6.55. The minimum atomic E-state index is 0.0863. The molecule has 1 saturated carbocycles. The van der Waals surface area contributed by atoms with Gasteiger partial charge in [0.25, 0.3) is 0 Å². The fraction of sp³-hybridized carbons (Fsp3) is 0.345. The van der Waals surface area contributed by atoms with Crippen LogP contribution in [0.25, 0.3) is 17.2 Å². The van der Waals surface area contributed by atoms with Crippen molar-refractivity contribution in [3.63, 3.8) is 0 Å². The molecule has 3 aromatic rings. The summed E-state index contributed by atoms with van der Waals surface area (Å²) in [5, 5.41) is 6.61. The first-order valence-corrected chi connectivity index (χ1v) is 12.0. The average molecular weight is 443 g/mol. The second kappa shape index (κ2) is 10.6. The highest BCUT2D eigenvalue weighted by Crippen LogP contribution is 2.29. The number of furan rings is 1. The van der Waals surface area contributed by atoms with Crippen LogP contribution in [0.2, 0.25) is 0 Å². The molecule has 1 fully saturated rings. The fourth-order valence-electron chi connectivity index (χ4n) is 4.54. The Labute approximate surface area is 197 Å². The minimum absolute atomic E-state index is 0.0863. The molecule has 4 nitrogen and oxygen atoms in total. The first-order valence-electron chi connectivity index (χ1n) is 12.0. The largest absolute Gasteiger partial charge is 0.467 e. The summed E-state index contributed by atoms with van der Waals surface area (Å²) in [6.45, 7) is 6.98. The summed E-state index contributed by atoms with van der Waals surface area (Å²) in [5.74, 6) is 1.00. The van der Waals surface area contributed by atoms with Crippen molar-refractivity contribution in [3.05, 3.63) is 82.8 Å². The van der Waals surface area contributed by atoms with Crippen molar-refractivity contribution in [2.24, 2.45) is 0 Å². The molecular formula is C29H34N2O2. The van der Waals surface area contributed by atoms with Gasteiger partial charge in [0, 0.05) is 17.3 Å². The first-order chi connectivity index (χ1) is 16.0. The summed E-state index contributed by atoms with van der Waals surface area (Å²) in [6, 6.07) is 17.1. The summed E-state index contributed by atoms with van der Waals surface area (Å²) in [5.41, 5.74) is 7.81. The zero-order valence-corrected chi connectivity index (χ0v) is 19.9. The van der Waals surface area contributed by atoms with Gasteiger partial charge in [-0.1, -0.05) is 44.0 Å². The van der Waals surface area contributed by atoms with E-state index in [4.69, 9.17) is 4.42 Å².